The van der Waals surface area contributed by atoms with Gasteiger partial charge in [0, 0.05) is 0 Å². The fourth-order valence-electron chi connectivity index (χ4n) is 2.00. The van der Waals surface area contributed by atoms with E-state index in [2.05, 4.69) is 31.1 Å². The van der Waals surface area contributed by atoms with E-state index in [1.54, 1.807) is 0 Å². The van der Waals surface area contributed by atoms with Gasteiger partial charge in [-0.05, 0) is 38.8 Å². The standard InChI is InChI=1S/C15H20N2O/c1-4-5-6-14-15(18)12(3)17(16-14)13-9-7-11(2)8-10-13/h7-10,18H,4-6H2,1-3H3. The van der Waals surface area contributed by atoms with Gasteiger partial charge in [-0.15, -0.1) is 0 Å². The van der Waals surface area contributed by atoms with Crippen molar-refractivity contribution in [3.05, 3.63) is 41.2 Å². The molecule has 18 heavy (non-hydrogen) atoms. The topological polar surface area (TPSA) is 38.0 Å². The number of benzene rings is 1. The Morgan fingerprint density at radius 1 is 1.17 bits per heavy atom. The lowest BCUT2D eigenvalue weighted by Crippen LogP contribution is -1.99. The number of aromatic nitrogens is 2. The van der Waals surface area contributed by atoms with Crippen molar-refractivity contribution in [3.63, 3.8) is 0 Å². The quantitative estimate of drug-likeness (QED) is 0.893. The summed E-state index contributed by atoms with van der Waals surface area (Å²) >= 11 is 0. The predicted molar refractivity (Wildman–Crippen MR) is 73.3 cm³/mol. The Labute approximate surface area is 108 Å². The first-order valence-corrected chi connectivity index (χ1v) is 6.48. The summed E-state index contributed by atoms with van der Waals surface area (Å²) in [6.45, 7) is 6.10. The molecule has 0 saturated heterocycles. The smallest absolute Gasteiger partial charge is 0.160 e. The van der Waals surface area contributed by atoms with Gasteiger partial charge < -0.3 is 5.11 Å². The van der Waals surface area contributed by atoms with Gasteiger partial charge in [0.05, 0.1) is 11.4 Å². The van der Waals surface area contributed by atoms with Crippen LogP contribution < -0.4 is 0 Å². The highest BCUT2D eigenvalue weighted by Gasteiger charge is 2.13. The van der Waals surface area contributed by atoms with E-state index in [9.17, 15) is 5.11 Å². The monoisotopic (exact) mass is 244 g/mol. The number of unbranched alkanes of at least 4 members (excludes halogenated alkanes) is 1. The molecule has 0 unspecified atom stereocenters. The summed E-state index contributed by atoms with van der Waals surface area (Å²) in [4.78, 5) is 0. The van der Waals surface area contributed by atoms with Crippen LogP contribution in [0, 0.1) is 13.8 Å². The molecule has 1 N–H and O–H groups in total. The molecule has 0 radical (unpaired) electrons. The Morgan fingerprint density at radius 3 is 2.44 bits per heavy atom. The second-order valence-corrected chi connectivity index (χ2v) is 4.73. The van der Waals surface area contributed by atoms with Gasteiger partial charge in [-0.25, -0.2) is 4.68 Å². The molecule has 0 atom stereocenters. The summed E-state index contributed by atoms with van der Waals surface area (Å²) in [6, 6.07) is 8.16. The molecule has 0 amide bonds. The van der Waals surface area contributed by atoms with Crippen LogP contribution in [-0.4, -0.2) is 14.9 Å². The molecule has 0 bridgehead atoms. The lowest BCUT2D eigenvalue weighted by atomic mass is 10.2. The molecular weight excluding hydrogens is 224 g/mol. The number of rotatable bonds is 4. The third-order valence-electron chi connectivity index (χ3n) is 3.20. The second kappa shape index (κ2) is 5.25. The van der Waals surface area contributed by atoms with Gasteiger partial charge in [-0.2, -0.15) is 5.10 Å². The molecule has 1 aromatic heterocycles. The van der Waals surface area contributed by atoms with E-state index in [4.69, 9.17) is 0 Å². The summed E-state index contributed by atoms with van der Waals surface area (Å²) in [7, 11) is 0. The first-order chi connectivity index (χ1) is 8.63. The molecule has 0 fully saturated rings. The molecule has 1 heterocycles. The van der Waals surface area contributed by atoms with Crippen LogP contribution in [0.2, 0.25) is 0 Å². The molecule has 0 spiro atoms. The van der Waals surface area contributed by atoms with E-state index in [1.165, 1.54) is 5.56 Å². The van der Waals surface area contributed by atoms with E-state index < -0.39 is 0 Å². The first kappa shape index (κ1) is 12.7. The van der Waals surface area contributed by atoms with Crippen LogP contribution in [0.25, 0.3) is 5.69 Å². The van der Waals surface area contributed by atoms with Crippen molar-refractivity contribution >= 4 is 0 Å². The van der Waals surface area contributed by atoms with E-state index in [1.807, 2.05) is 23.7 Å². The molecule has 3 heteroatoms. The second-order valence-electron chi connectivity index (χ2n) is 4.73. The van der Waals surface area contributed by atoms with Crippen molar-refractivity contribution < 1.29 is 5.11 Å². The van der Waals surface area contributed by atoms with Crippen LogP contribution in [0.15, 0.2) is 24.3 Å². The number of aryl methyl sites for hydroxylation is 2. The number of hydrogen-bond acceptors (Lipinski definition) is 2. The zero-order chi connectivity index (χ0) is 13.1. The summed E-state index contributed by atoms with van der Waals surface area (Å²) in [5.41, 5.74) is 3.83. The van der Waals surface area contributed by atoms with Crippen molar-refractivity contribution in [3.8, 4) is 11.4 Å². The van der Waals surface area contributed by atoms with Gasteiger partial charge in [0.25, 0.3) is 0 Å². The highest BCUT2D eigenvalue weighted by Crippen LogP contribution is 2.25. The lowest BCUT2D eigenvalue weighted by Gasteiger charge is -2.04. The minimum atomic E-state index is 0.337. The lowest BCUT2D eigenvalue weighted by molar-refractivity contribution is 0.462. The summed E-state index contributed by atoms with van der Waals surface area (Å²) in [5, 5.41) is 14.6. The summed E-state index contributed by atoms with van der Waals surface area (Å²) in [6.07, 6.45) is 3.00. The van der Waals surface area contributed by atoms with Crippen molar-refractivity contribution in [2.45, 2.75) is 40.0 Å². The van der Waals surface area contributed by atoms with Gasteiger partial charge in [0.15, 0.2) is 5.75 Å². The molecule has 2 aromatic rings. The Balaban J connectivity index is 2.36. The van der Waals surface area contributed by atoms with Crippen molar-refractivity contribution in [2.75, 3.05) is 0 Å². The van der Waals surface area contributed by atoms with E-state index in [0.29, 0.717) is 5.75 Å². The minimum absolute atomic E-state index is 0.337. The largest absolute Gasteiger partial charge is 0.504 e. The highest BCUT2D eigenvalue weighted by atomic mass is 16.3. The van der Waals surface area contributed by atoms with E-state index in [0.717, 1.165) is 36.3 Å². The van der Waals surface area contributed by atoms with Gasteiger partial charge >= 0.3 is 0 Å². The van der Waals surface area contributed by atoms with Crippen molar-refractivity contribution in [1.29, 1.82) is 0 Å². The average Bonchev–Trinajstić information content (AvgIpc) is 2.65. The van der Waals surface area contributed by atoms with Gasteiger partial charge in [-0.1, -0.05) is 31.0 Å². The van der Waals surface area contributed by atoms with Crippen LogP contribution in [0.1, 0.15) is 36.7 Å². The zero-order valence-corrected chi connectivity index (χ0v) is 11.3. The third kappa shape index (κ3) is 2.40. The molecule has 0 aliphatic heterocycles. The van der Waals surface area contributed by atoms with E-state index >= 15 is 0 Å². The Bertz CT molecular complexity index is 526. The molecule has 1 aromatic carbocycles. The van der Waals surface area contributed by atoms with Crippen LogP contribution in [0.5, 0.6) is 5.75 Å². The zero-order valence-electron chi connectivity index (χ0n) is 11.3. The van der Waals surface area contributed by atoms with Gasteiger partial charge in [-0.3, -0.25) is 0 Å². The maximum absolute atomic E-state index is 10.1. The van der Waals surface area contributed by atoms with Crippen LogP contribution in [0.4, 0.5) is 0 Å². The SMILES string of the molecule is CCCCc1nn(-c2ccc(C)cc2)c(C)c1O. The Hall–Kier alpha value is -1.77. The molecule has 2 rings (SSSR count). The fourth-order valence-corrected chi connectivity index (χ4v) is 2.00. The van der Waals surface area contributed by atoms with Gasteiger partial charge in [0.1, 0.15) is 5.69 Å². The van der Waals surface area contributed by atoms with Crippen LogP contribution >= 0.6 is 0 Å². The maximum Gasteiger partial charge on any atom is 0.160 e. The van der Waals surface area contributed by atoms with Crippen molar-refractivity contribution in [1.82, 2.24) is 9.78 Å². The Morgan fingerprint density at radius 2 is 1.83 bits per heavy atom. The molecule has 3 nitrogen and oxygen atoms in total. The number of aromatic hydroxyl groups is 1. The fraction of sp³-hybridized carbons (Fsp3) is 0.400. The number of hydrogen-bond donors (Lipinski definition) is 1. The third-order valence-corrected chi connectivity index (χ3v) is 3.20. The molecule has 0 aliphatic rings. The molecule has 96 valence electrons. The van der Waals surface area contributed by atoms with Crippen LogP contribution in [-0.2, 0) is 6.42 Å². The molecule has 0 saturated carbocycles. The normalized spacial score (nSPS) is 10.8. The highest BCUT2D eigenvalue weighted by molar-refractivity contribution is 5.41. The maximum atomic E-state index is 10.1. The average molecular weight is 244 g/mol. The number of nitrogens with zero attached hydrogens (tertiary/aromatic N) is 2. The first-order valence-electron chi connectivity index (χ1n) is 6.48. The predicted octanol–water partition coefficient (Wildman–Crippen LogP) is 3.54. The summed E-state index contributed by atoms with van der Waals surface area (Å²) in [5.74, 6) is 0.337. The van der Waals surface area contributed by atoms with Crippen LogP contribution in [0.3, 0.4) is 0 Å². The minimum Gasteiger partial charge on any atom is -0.504 e. The summed E-state index contributed by atoms with van der Waals surface area (Å²) < 4.78 is 1.82. The Kier molecular flexibility index (Phi) is 3.70. The molecule has 0 aliphatic carbocycles. The van der Waals surface area contributed by atoms with Crippen molar-refractivity contribution in [2.24, 2.45) is 0 Å². The van der Waals surface area contributed by atoms with E-state index in [-0.39, 0.29) is 0 Å². The molecular formula is C15H20N2O. The van der Waals surface area contributed by atoms with Gasteiger partial charge in [0.2, 0.25) is 0 Å².